The van der Waals surface area contributed by atoms with E-state index in [0.717, 1.165) is 10.7 Å². The molecular formula is C13H23N3O4S. The van der Waals surface area contributed by atoms with Crippen molar-refractivity contribution >= 4 is 15.7 Å². The van der Waals surface area contributed by atoms with Crippen LogP contribution in [0, 0.1) is 0 Å². The Morgan fingerprint density at radius 1 is 1.52 bits per heavy atom. The summed E-state index contributed by atoms with van der Waals surface area (Å²) >= 11 is 0. The van der Waals surface area contributed by atoms with Gasteiger partial charge in [-0.1, -0.05) is 6.92 Å². The molecule has 0 aliphatic rings. The molecule has 21 heavy (non-hydrogen) atoms. The second kappa shape index (κ2) is 8.28. The maximum absolute atomic E-state index is 12.5. The number of rotatable bonds is 9. The number of ether oxygens (including phenoxy) is 1. The van der Waals surface area contributed by atoms with Gasteiger partial charge in [0.05, 0.1) is 18.4 Å². The Balaban J connectivity index is 2.96. The number of methoxy groups -OCH3 is 1. The summed E-state index contributed by atoms with van der Waals surface area (Å²) in [6.45, 7) is 2.70. The lowest BCUT2D eigenvalue weighted by molar-refractivity contribution is 0.0554. The molecule has 0 spiro atoms. The number of aliphatic hydroxyl groups excluding tert-OH is 1. The summed E-state index contributed by atoms with van der Waals surface area (Å²) in [6, 6.07) is 1.63. The van der Waals surface area contributed by atoms with Crippen LogP contribution >= 0.6 is 0 Å². The molecule has 0 aliphatic heterocycles. The highest BCUT2D eigenvalue weighted by molar-refractivity contribution is 7.89. The smallest absolute Gasteiger partial charge is 0.246 e. The minimum Gasteiger partial charge on any atom is -0.389 e. The van der Waals surface area contributed by atoms with Crippen LogP contribution < -0.4 is 5.32 Å². The highest BCUT2D eigenvalue weighted by Crippen LogP contribution is 2.22. The second-order valence-electron chi connectivity index (χ2n) is 4.69. The number of pyridine rings is 1. The van der Waals surface area contributed by atoms with Crippen LogP contribution in [0.15, 0.2) is 23.4 Å². The summed E-state index contributed by atoms with van der Waals surface area (Å²) in [6.07, 6.45) is 2.85. The Labute approximate surface area is 126 Å². The van der Waals surface area contributed by atoms with Crippen LogP contribution in [0.1, 0.15) is 13.3 Å². The van der Waals surface area contributed by atoms with E-state index in [2.05, 4.69) is 10.3 Å². The van der Waals surface area contributed by atoms with Crippen molar-refractivity contribution < 1.29 is 18.3 Å². The van der Waals surface area contributed by atoms with Crippen molar-refractivity contribution in [1.82, 2.24) is 9.29 Å². The number of nitrogens with zero attached hydrogens (tertiary/aromatic N) is 2. The molecule has 0 amide bonds. The first-order valence-electron chi connectivity index (χ1n) is 6.74. The Morgan fingerprint density at radius 3 is 2.86 bits per heavy atom. The number of anilines is 1. The number of likely N-dealkylation sites (N-methyl/N-ethyl adjacent to an activating group) is 1. The van der Waals surface area contributed by atoms with Crippen LogP contribution in [0.2, 0.25) is 0 Å². The lowest BCUT2D eigenvalue weighted by Crippen LogP contribution is -2.36. The normalized spacial score (nSPS) is 13.4. The van der Waals surface area contributed by atoms with Gasteiger partial charge in [-0.05, 0) is 12.5 Å². The van der Waals surface area contributed by atoms with Crippen molar-refractivity contribution in [3.05, 3.63) is 18.5 Å². The van der Waals surface area contributed by atoms with Crippen LogP contribution in [0.25, 0.3) is 0 Å². The minimum absolute atomic E-state index is 0.0434. The fourth-order valence-corrected chi connectivity index (χ4v) is 3.12. The van der Waals surface area contributed by atoms with E-state index in [1.165, 1.54) is 26.6 Å². The molecule has 0 saturated carbocycles. The predicted octanol–water partition coefficient (Wildman–Crippen LogP) is 0.531. The van der Waals surface area contributed by atoms with Crippen molar-refractivity contribution in [1.29, 1.82) is 0 Å². The summed E-state index contributed by atoms with van der Waals surface area (Å²) in [5.74, 6) is 0. The van der Waals surface area contributed by atoms with E-state index >= 15 is 0 Å². The number of aliphatic hydroxyl groups is 1. The molecule has 0 bridgehead atoms. The molecule has 0 aromatic carbocycles. The first kappa shape index (κ1) is 17.8. The van der Waals surface area contributed by atoms with E-state index in [9.17, 15) is 13.5 Å². The van der Waals surface area contributed by atoms with Gasteiger partial charge in [-0.3, -0.25) is 4.98 Å². The van der Waals surface area contributed by atoms with E-state index < -0.39 is 16.1 Å². The van der Waals surface area contributed by atoms with Crippen LogP contribution in [0.5, 0.6) is 0 Å². The van der Waals surface area contributed by atoms with Crippen molar-refractivity contribution in [2.45, 2.75) is 24.3 Å². The third-order valence-corrected chi connectivity index (χ3v) is 4.72. The summed E-state index contributed by atoms with van der Waals surface area (Å²) in [5, 5.41) is 12.7. The van der Waals surface area contributed by atoms with E-state index in [-0.39, 0.29) is 18.0 Å². The highest BCUT2D eigenvalue weighted by Gasteiger charge is 2.26. The van der Waals surface area contributed by atoms with Gasteiger partial charge in [0.2, 0.25) is 10.0 Å². The maximum atomic E-state index is 12.5. The van der Waals surface area contributed by atoms with Gasteiger partial charge in [0, 0.05) is 39.6 Å². The zero-order valence-electron chi connectivity index (χ0n) is 12.6. The van der Waals surface area contributed by atoms with E-state index in [4.69, 9.17) is 4.74 Å². The minimum atomic E-state index is -3.72. The molecule has 8 heteroatoms. The molecule has 1 rings (SSSR count). The van der Waals surface area contributed by atoms with E-state index in [0.29, 0.717) is 12.2 Å². The Kier molecular flexibility index (Phi) is 7.03. The average Bonchev–Trinajstić information content (AvgIpc) is 2.45. The predicted molar refractivity (Wildman–Crippen MR) is 80.7 cm³/mol. The fourth-order valence-electron chi connectivity index (χ4n) is 1.80. The molecule has 0 saturated heterocycles. The monoisotopic (exact) mass is 317 g/mol. The summed E-state index contributed by atoms with van der Waals surface area (Å²) in [5.41, 5.74) is 0.514. The molecule has 0 aliphatic carbocycles. The van der Waals surface area contributed by atoms with Gasteiger partial charge < -0.3 is 15.2 Å². The molecule has 120 valence electrons. The number of hydrogen-bond acceptors (Lipinski definition) is 6. The quantitative estimate of drug-likeness (QED) is 0.690. The van der Waals surface area contributed by atoms with E-state index in [1.54, 1.807) is 6.07 Å². The van der Waals surface area contributed by atoms with Gasteiger partial charge in [-0.15, -0.1) is 0 Å². The van der Waals surface area contributed by atoms with Gasteiger partial charge in [0.15, 0.2) is 0 Å². The molecule has 1 heterocycles. The van der Waals surface area contributed by atoms with Gasteiger partial charge in [-0.25, -0.2) is 8.42 Å². The average molecular weight is 317 g/mol. The number of aromatic nitrogens is 1. The van der Waals surface area contributed by atoms with Crippen LogP contribution in [0.4, 0.5) is 5.69 Å². The molecule has 1 aromatic rings. The molecule has 2 N–H and O–H groups in total. The Morgan fingerprint density at radius 2 is 2.24 bits per heavy atom. The van der Waals surface area contributed by atoms with Gasteiger partial charge >= 0.3 is 0 Å². The lowest BCUT2D eigenvalue weighted by atomic mass is 10.4. The first-order valence-corrected chi connectivity index (χ1v) is 8.18. The van der Waals surface area contributed by atoms with Crippen molar-refractivity contribution in [2.75, 3.05) is 39.2 Å². The number of nitrogens with one attached hydrogen (secondary N) is 1. The third kappa shape index (κ3) is 4.92. The Hall–Kier alpha value is -1.22. The standard InChI is InChI=1S/C13H23N3O4S/c1-4-6-15-12-5-7-14-8-13(12)21(18,19)16(2)9-11(17)10-20-3/h5,7-8,11,17H,4,6,9-10H2,1-3H3,(H,14,15). The molecule has 1 unspecified atom stereocenters. The fraction of sp³-hybridized carbons (Fsp3) is 0.615. The summed E-state index contributed by atoms with van der Waals surface area (Å²) in [7, 11) is -0.849. The van der Waals surface area contributed by atoms with Crippen LogP contribution in [-0.2, 0) is 14.8 Å². The molecular weight excluding hydrogens is 294 g/mol. The number of hydrogen-bond donors (Lipinski definition) is 2. The molecule has 0 fully saturated rings. The molecule has 0 radical (unpaired) electrons. The van der Waals surface area contributed by atoms with Crippen molar-refractivity contribution in [3.8, 4) is 0 Å². The highest BCUT2D eigenvalue weighted by atomic mass is 32.2. The summed E-state index contributed by atoms with van der Waals surface area (Å²) < 4.78 is 31.0. The van der Waals surface area contributed by atoms with Crippen LogP contribution in [0.3, 0.4) is 0 Å². The SMILES string of the molecule is CCCNc1ccncc1S(=O)(=O)N(C)CC(O)COC. The maximum Gasteiger partial charge on any atom is 0.246 e. The van der Waals surface area contributed by atoms with Gasteiger partial charge in [0.25, 0.3) is 0 Å². The van der Waals surface area contributed by atoms with Crippen molar-refractivity contribution in [2.24, 2.45) is 0 Å². The largest absolute Gasteiger partial charge is 0.389 e. The zero-order chi connectivity index (χ0) is 15.9. The van der Waals surface area contributed by atoms with Gasteiger partial charge in [-0.2, -0.15) is 4.31 Å². The molecule has 1 atom stereocenters. The molecule has 1 aromatic heterocycles. The number of sulfonamides is 1. The lowest BCUT2D eigenvalue weighted by Gasteiger charge is -2.21. The van der Waals surface area contributed by atoms with Crippen molar-refractivity contribution in [3.63, 3.8) is 0 Å². The second-order valence-corrected chi connectivity index (χ2v) is 6.71. The topological polar surface area (TPSA) is 91.8 Å². The van der Waals surface area contributed by atoms with E-state index in [1.807, 2.05) is 6.92 Å². The third-order valence-electron chi connectivity index (χ3n) is 2.87. The summed E-state index contributed by atoms with van der Waals surface area (Å²) in [4.78, 5) is 3.99. The van der Waals surface area contributed by atoms with Crippen LogP contribution in [-0.4, -0.2) is 62.8 Å². The zero-order valence-corrected chi connectivity index (χ0v) is 13.4. The van der Waals surface area contributed by atoms with Gasteiger partial charge in [0.1, 0.15) is 4.90 Å². The Bertz CT molecular complexity index is 536. The first-order chi connectivity index (χ1) is 9.93. The molecule has 7 nitrogen and oxygen atoms in total.